The van der Waals surface area contributed by atoms with Gasteiger partial charge in [-0.3, -0.25) is 9.69 Å². The van der Waals surface area contributed by atoms with Crippen LogP contribution in [0.25, 0.3) is 11.3 Å². The van der Waals surface area contributed by atoms with Crippen LogP contribution < -0.4 is 14.4 Å². The predicted octanol–water partition coefficient (Wildman–Crippen LogP) is 4.42. The molecule has 1 aromatic heterocycles. The van der Waals surface area contributed by atoms with Crippen molar-refractivity contribution in [3.63, 3.8) is 0 Å². The van der Waals surface area contributed by atoms with Crippen molar-refractivity contribution in [2.45, 2.75) is 13.3 Å². The molecule has 3 aromatic rings. The Balaban J connectivity index is 1.75. The molecule has 0 N–H and O–H groups in total. The van der Waals surface area contributed by atoms with Gasteiger partial charge in [-0.05, 0) is 24.1 Å². The fraction of sp³-hybridized carbons (Fsp3) is 0.238. The molecule has 0 aliphatic carbocycles. The zero-order valence-electron chi connectivity index (χ0n) is 15.6. The van der Waals surface area contributed by atoms with E-state index < -0.39 is 0 Å². The first-order chi connectivity index (χ1) is 13.1. The van der Waals surface area contributed by atoms with E-state index in [9.17, 15) is 4.79 Å². The smallest absolute Gasteiger partial charge is 0.225 e. The van der Waals surface area contributed by atoms with Gasteiger partial charge in [0.1, 0.15) is 0 Å². The fourth-order valence-electron chi connectivity index (χ4n) is 2.79. The highest BCUT2D eigenvalue weighted by Crippen LogP contribution is 2.29. The topological polar surface area (TPSA) is 51.7 Å². The summed E-state index contributed by atoms with van der Waals surface area (Å²) in [5.41, 5.74) is 3.00. The molecule has 0 aliphatic heterocycles. The molecule has 0 saturated heterocycles. The summed E-state index contributed by atoms with van der Waals surface area (Å²) in [6.45, 7) is 2.12. The van der Waals surface area contributed by atoms with Crippen molar-refractivity contribution in [3.8, 4) is 22.8 Å². The van der Waals surface area contributed by atoms with Crippen LogP contribution in [0.3, 0.4) is 0 Å². The highest BCUT2D eigenvalue weighted by atomic mass is 32.1. The number of amides is 1. The second-order valence-electron chi connectivity index (χ2n) is 5.99. The zero-order valence-corrected chi connectivity index (χ0v) is 16.5. The molecule has 0 spiro atoms. The van der Waals surface area contributed by atoms with E-state index >= 15 is 0 Å². The molecule has 0 unspecified atom stereocenters. The Labute approximate surface area is 163 Å². The van der Waals surface area contributed by atoms with Gasteiger partial charge >= 0.3 is 0 Å². The summed E-state index contributed by atoms with van der Waals surface area (Å²) in [4.78, 5) is 18.6. The van der Waals surface area contributed by atoms with Crippen LogP contribution in [-0.2, 0) is 11.2 Å². The Morgan fingerprint density at radius 1 is 1.07 bits per heavy atom. The number of thiazole rings is 1. The molecule has 140 valence electrons. The number of carbonyl (C=O) groups is 1. The predicted molar refractivity (Wildman–Crippen MR) is 109 cm³/mol. The summed E-state index contributed by atoms with van der Waals surface area (Å²) >= 11 is 1.48. The minimum absolute atomic E-state index is 0.0237. The third-order valence-electron chi connectivity index (χ3n) is 4.24. The molecule has 0 atom stereocenters. The Hall–Kier alpha value is -2.86. The van der Waals surface area contributed by atoms with Gasteiger partial charge in [-0.15, -0.1) is 11.3 Å². The quantitative estimate of drug-likeness (QED) is 0.607. The van der Waals surface area contributed by atoms with E-state index in [0.29, 0.717) is 29.6 Å². The van der Waals surface area contributed by atoms with Gasteiger partial charge in [-0.25, -0.2) is 4.98 Å². The molecule has 1 amide bonds. The summed E-state index contributed by atoms with van der Waals surface area (Å²) in [6.07, 6.45) is 0.695. The summed E-state index contributed by atoms with van der Waals surface area (Å²) in [5.74, 6) is 1.35. The van der Waals surface area contributed by atoms with Gasteiger partial charge < -0.3 is 9.47 Å². The van der Waals surface area contributed by atoms with Gasteiger partial charge in [0.05, 0.1) is 19.9 Å². The number of nitrogens with zero attached hydrogens (tertiary/aromatic N) is 2. The van der Waals surface area contributed by atoms with Crippen molar-refractivity contribution in [3.05, 3.63) is 59.5 Å². The number of hydrogen-bond acceptors (Lipinski definition) is 5. The van der Waals surface area contributed by atoms with E-state index in [4.69, 9.17) is 9.47 Å². The van der Waals surface area contributed by atoms with E-state index in [1.165, 1.54) is 11.3 Å². The normalized spacial score (nSPS) is 10.5. The fourth-order valence-corrected chi connectivity index (χ4v) is 3.70. The van der Waals surface area contributed by atoms with Crippen LogP contribution in [0.4, 0.5) is 5.13 Å². The van der Waals surface area contributed by atoms with Crippen molar-refractivity contribution in [2.75, 3.05) is 25.7 Å². The van der Waals surface area contributed by atoms with Crippen LogP contribution >= 0.6 is 11.3 Å². The number of rotatable bonds is 7. The monoisotopic (exact) mass is 382 g/mol. The first-order valence-electron chi connectivity index (χ1n) is 8.62. The lowest BCUT2D eigenvalue weighted by atomic mass is 10.1. The van der Waals surface area contributed by atoms with Crippen LogP contribution in [-0.4, -0.2) is 31.7 Å². The average molecular weight is 382 g/mol. The van der Waals surface area contributed by atoms with Crippen molar-refractivity contribution in [1.29, 1.82) is 0 Å². The average Bonchev–Trinajstić information content (AvgIpc) is 3.18. The molecule has 1 heterocycles. The van der Waals surface area contributed by atoms with E-state index in [1.807, 2.05) is 53.9 Å². The molecular weight excluding hydrogens is 360 g/mol. The molecule has 2 aromatic carbocycles. The minimum atomic E-state index is -0.0237. The maximum absolute atomic E-state index is 12.2. The number of carbonyl (C=O) groups excluding carboxylic acids is 1. The highest BCUT2D eigenvalue weighted by molar-refractivity contribution is 7.14. The van der Waals surface area contributed by atoms with E-state index in [-0.39, 0.29) is 5.91 Å². The summed E-state index contributed by atoms with van der Waals surface area (Å²) in [7, 11) is 3.23. The third-order valence-corrected chi connectivity index (χ3v) is 5.11. The van der Waals surface area contributed by atoms with Crippen LogP contribution in [0, 0.1) is 0 Å². The lowest BCUT2D eigenvalue weighted by Gasteiger charge is -2.18. The second kappa shape index (κ2) is 8.68. The Morgan fingerprint density at radius 2 is 1.81 bits per heavy atom. The number of anilines is 1. The molecule has 0 fully saturated rings. The summed E-state index contributed by atoms with van der Waals surface area (Å²) in [5, 5.41) is 2.69. The Bertz CT molecular complexity index is 909. The molecule has 3 rings (SSSR count). The van der Waals surface area contributed by atoms with Crippen LogP contribution in [0.1, 0.15) is 12.5 Å². The van der Waals surface area contributed by atoms with Gasteiger partial charge in [-0.2, -0.15) is 0 Å². The SMILES string of the molecule is COc1ccc(CCN(C(C)=O)c2nc(-c3ccccc3)cs2)cc1OC. The van der Waals surface area contributed by atoms with Crippen LogP contribution in [0.15, 0.2) is 53.9 Å². The van der Waals surface area contributed by atoms with E-state index in [2.05, 4.69) is 4.98 Å². The molecule has 5 nitrogen and oxygen atoms in total. The maximum atomic E-state index is 12.2. The molecule has 0 aliphatic rings. The van der Waals surface area contributed by atoms with Gasteiger partial charge in [0.25, 0.3) is 0 Å². The number of ether oxygens (including phenoxy) is 2. The molecule has 6 heteroatoms. The first kappa shape index (κ1) is 18.9. The van der Waals surface area contributed by atoms with Crippen molar-refractivity contribution in [1.82, 2.24) is 4.98 Å². The largest absolute Gasteiger partial charge is 0.493 e. The first-order valence-corrected chi connectivity index (χ1v) is 9.50. The summed E-state index contributed by atoms with van der Waals surface area (Å²) < 4.78 is 10.6. The van der Waals surface area contributed by atoms with Crippen molar-refractivity contribution < 1.29 is 14.3 Å². The lowest BCUT2D eigenvalue weighted by Crippen LogP contribution is -2.30. The summed E-state index contributed by atoms with van der Waals surface area (Å²) in [6, 6.07) is 15.8. The van der Waals surface area contributed by atoms with Crippen LogP contribution in [0.2, 0.25) is 0 Å². The lowest BCUT2D eigenvalue weighted by molar-refractivity contribution is -0.116. The number of methoxy groups -OCH3 is 2. The highest BCUT2D eigenvalue weighted by Gasteiger charge is 2.16. The molecule has 0 bridgehead atoms. The third kappa shape index (κ3) is 4.46. The van der Waals surface area contributed by atoms with Crippen LogP contribution in [0.5, 0.6) is 11.5 Å². The zero-order chi connectivity index (χ0) is 19.2. The Morgan fingerprint density at radius 3 is 2.48 bits per heavy atom. The van der Waals surface area contributed by atoms with Gasteiger partial charge in [0, 0.05) is 24.4 Å². The van der Waals surface area contributed by atoms with Gasteiger partial charge in [0.15, 0.2) is 16.6 Å². The van der Waals surface area contributed by atoms with Gasteiger partial charge in [-0.1, -0.05) is 36.4 Å². The molecular formula is C21H22N2O3S. The molecule has 27 heavy (non-hydrogen) atoms. The minimum Gasteiger partial charge on any atom is -0.493 e. The number of hydrogen-bond donors (Lipinski definition) is 0. The van der Waals surface area contributed by atoms with Crippen molar-refractivity contribution >= 4 is 22.4 Å². The second-order valence-corrected chi connectivity index (χ2v) is 6.83. The standard InChI is InChI=1S/C21H22N2O3S/c1-15(24)23(12-11-16-9-10-19(25-2)20(13-16)26-3)21-22-18(14-27-21)17-7-5-4-6-8-17/h4-10,13-14H,11-12H2,1-3H3. The Kier molecular flexibility index (Phi) is 6.08. The van der Waals surface area contributed by atoms with Crippen molar-refractivity contribution in [2.24, 2.45) is 0 Å². The molecule has 0 radical (unpaired) electrons. The van der Waals surface area contributed by atoms with Gasteiger partial charge in [0.2, 0.25) is 5.91 Å². The number of benzene rings is 2. The molecule has 0 saturated carbocycles. The van der Waals surface area contributed by atoms with E-state index in [0.717, 1.165) is 16.8 Å². The van der Waals surface area contributed by atoms with E-state index in [1.54, 1.807) is 26.0 Å². The maximum Gasteiger partial charge on any atom is 0.225 e. The number of aromatic nitrogens is 1.